The highest BCUT2D eigenvalue weighted by Crippen LogP contribution is 2.20. The van der Waals surface area contributed by atoms with Gasteiger partial charge in [0.15, 0.2) is 0 Å². The zero-order valence-electron chi connectivity index (χ0n) is 15.1. The molecule has 0 aliphatic rings. The molecular formula is C17H25N5O2S. The van der Waals surface area contributed by atoms with Crippen LogP contribution in [0.2, 0.25) is 0 Å². The number of rotatable bonds is 8. The molecule has 0 radical (unpaired) electrons. The fourth-order valence-electron chi connectivity index (χ4n) is 2.32. The van der Waals surface area contributed by atoms with Crippen LogP contribution in [0.4, 0.5) is 23.1 Å². The van der Waals surface area contributed by atoms with E-state index in [2.05, 4.69) is 38.8 Å². The summed E-state index contributed by atoms with van der Waals surface area (Å²) in [5.41, 5.74) is 2.20. The van der Waals surface area contributed by atoms with Crippen molar-refractivity contribution in [2.24, 2.45) is 0 Å². The number of sulfonamides is 1. The molecule has 2 N–H and O–H groups in total. The fourth-order valence-corrected chi connectivity index (χ4v) is 2.96. The molecule has 0 unspecified atom stereocenters. The van der Waals surface area contributed by atoms with Gasteiger partial charge in [-0.25, -0.2) is 13.4 Å². The van der Waals surface area contributed by atoms with Gasteiger partial charge < -0.3 is 10.2 Å². The third-order valence-corrected chi connectivity index (χ3v) is 5.03. The van der Waals surface area contributed by atoms with Gasteiger partial charge in [-0.05, 0) is 52.0 Å². The Labute approximate surface area is 149 Å². The SMILES string of the molecule is CCN(CC)c1cc(C)nc(Nc2ccc(NS(=O)(=O)CC)cc2)n1. The van der Waals surface area contributed by atoms with Crippen LogP contribution in [0.3, 0.4) is 0 Å². The van der Waals surface area contributed by atoms with Crippen LogP contribution < -0.4 is 14.9 Å². The Kier molecular flexibility index (Phi) is 6.19. The molecule has 0 aliphatic carbocycles. The van der Waals surface area contributed by atoms with Gasteiger partial charge >= 0.3 is 0 Å². The molecule has 1 heterocycles. The van der Waals surface area contributed by atoms with Crippen molar-refractivity contribution in [3.05, 3.63) is 36.0 Å². The van der Waals surface area contributed by atoms with Gasteiger partial charge in [0.25, 0.3) is 0 Å². The molecule has 2 aromatic rings. The van der Waals surface area contributed by atoms with E-state index in [4.69, 9.17) is 0 Å². The smallest absolute Gasteiger partial charge is 0.232 e. The first-order valence-corrected chi connectivity index (χ1v) is 10.00. The van der Waals surface area contributed by atoms with Crippen LogP contribution in [0, 0.1) is 6.92 Å². The second-order valence-electron chi connectivity index (χ2n) is 5.57. The van der Waals surface area contributed by atoms with Gasteiger partial charge in [0.1, 0.15) is 5.82 Å². The first-order valence-electron chi connectivity index (χ1n) is 8.35. The highest BCUT2D eigenvalue weighted by atomic mass is 32.2. The van der Waals surface area contributed by atoms with E-state index >= 15 is 0 Å². The molecule has 8 heteroatoms. The number of aromatic nitrogens is 2. The lowest BCUT2D eigenvalue weighted by atomic mass is 10.3. The van der Waals surface area contributed by atoms with Gasteiger partial charge in [-0.15, -0.1) is 0 Å². The molecule has 2 rings (SSSR count). The first kappa shape index (κ1) is 19.0. The van der Waals surface area contributed by atoms with E-state index in [0.29, 0.717) is 11.6 Å². The zero-order chi connectivity index (χ0) is 18.4. The third kappa shape index (κ3) is 5.32. The van der Waals surface area contributed by atoms with Crippen molar-refractivity contribution in [1.29, 1.82) is 0 Å². The van der Waals surface area contributed by atoms with E-state index in [-0.39, 0.29) is 5.75 Å². The maximum atomic E-state index is 11.6. The Bertz CT molecular complexity index is 802. The molecular weight excluding hydrogens is 338 g/mol. The van der Waals surface area contributed by atoms with Crippen LogP contribution in [0.25, 0.3) is 0 Å². The highest BCUT2D eigenvalue weighted by Gasteiger charge is 2.09. The molecule has 0 saturated heterocycles. The number of aryl methyl sites for hydroxylation is 1. The van der Waals surface area contributed by atoms with Crippen molar-refractivity contribution in [3.8, 4) is 0 Å². The van der Waals surface area contributed by atoms with Gasteiger partial charge in [-0.3, -0.25) is 4.72 Å². The molecule has 0 amide bonds. The van der Waals surface area contributed by atoms with Crippen molar-refractivity contribution >= 4 is 33.2 Å². The van der Waals surface area contributed by atoms with E-state index < -0.39 is 10.0 Å². The van der Waals surface area contributed by atoms with Crippen LogP contribution in [0.5, 0.6) is 0 Å². The van der Waals surface area contributed by atoms with E-state index in [1.54, 1.807) is 31.2 Å². The topological polar surface area (TPSA) is 87.2 Å². The van der Waals surface area contributed by atoms with Crippen LogP contribution >= 0.6 is 0 Å². The van der Waals surface area contributed by atoms with Crippen molar-refractivity contribution < 1.29 is 8.42 Å². The normalized spacial score (nSPS) is 11.2. The molecule has 0 fully saturated rings. The molecule has 0 saturated carbocycles. The quantitative estimate of drug-likeness (QED) is 0.749. The summed E-state index contributed by atoms with van der Waals surface area (Å²) in [6, 6.07) is 8.95. The maximum absolute atomic E-state index is 11.6. The number of hydrogen-bond donors (Lipinski definition) is 2. The van der Waals surface area contributed by atoms with E-state index in [9.17, 15) is 8.42 Å². The zero-order valence-corrected chi connectivity index (χ0v) is 15.9. The molecule has 0 spiro atoms. The summed E-state index contributed by atoms with van der Waals surface area (Å²) in [6.07, 6.45) is 0. The Balaban J connectivity index is 2.17. The molecule has 0 bridgehead atoms. The largest absolute Gasteiger partial charge is 0.357 e. The molecule has 7 nitrogen and oxygen atoms in total. The monoisotopic (exact) mass is 363 g/mol. The molecule has 0 atom stereocenters. The third-order valence-electron chi connectivity index (χ3n) is 3.72. The summed E-state index contributed by atoms with van der Waals surface area (Å²) < 4.78 is 25.7. The van der Waals surface area contributed by atoms with E-state index in [1.807, 2.05) is 13.0 Å². The molecule has 0 aliphatic heterocycles. The summed E-state index contributed by atoms with van der Waals surface area (Å²) in [5.74, 6) is 1.44. The summed E-state index contributed by atoms with van der Waals surface area (Å²) in [7, 11) is -3.27. The minimum Gasteiger partial charge on any atom is -0.357 e. The van der Waals surface area contributed by atoms with Crippen LogP contribution in [0.1, 0.15) is 26.5 Å². The second kappa shape index (κ2) is 8.15. The van der Waals surface area contributed by atoms with Crippen LogP contribution in [-0.4, -0.2) is 37.2 Å². The summed E-state index contributed by atoms with van der Waals surface area (Å²) >= 11 is 0. The van der Waals surface area contributed by atoms with Gasteiger partial charge in [-0.2, -0.15) is 4.98 Å². The Hall–Kier alpha value is -2.35. The van der Waals surface area contributed by atoms with Crippen molar-refractivity contribution in [3.63, 3.8) is 0 Å². The van der Waals surface area contributed by atoms with Crippen LogP contribution in [0.15, 0.2) is 30.3 Å². The minimum atomic E-state index is -3.27. The summed E-state index contributed by atoms with van der Waals surface area (Å²) in [4.78, 5) is 11.1. The highest BCUT2D eigenvalue weighted by molar-refractivity contribution is 7.92. The maximum Gasteiger partial charge on any atom is 0.232 e. The van der Waals surface area contributed by atoms with Crippen molar-refractivity contribution in [2.75, 3.05) is 33.8 Å². The lowest BCUT2D eigenvalue weighted by Gasteiger charge is -2.20. The average molecular weight is 363 g/mol. The van der Waals surface area contributed by atoms with E-state index in [1.165, 1.54) is 0 Å². The lowest BCUT2D eigenvalue weighted by Crippen LogP contribution is -2.23. The Morgan fingerprint density at radius 3 is 2.16 bits per heavy atom. The van der Waals surface area contributed by atoms with E-state index in [0.717, 1.165) is 30.3 Å². The summed E-state index contributed by atoms with van der Waals surface area (Å²) in [6.45, 7) is 9.45. The predicted molar refractivity (Wildman–Crippen MR) is 103 cm³/mol. The van der Waals surface area contributed by atoms with Crippen molar-refractivity contribution in [2.45, 2.75) is 27.7 Å². The molecule has 1 aromatic heterocycles. The Morgan fingerprint density at radius 1 is 1.00 bits per heavy atom. The van der Waals surface area contributed by atoms with Gasteiger partial charge in [0, 0.05) is 36.2 Å². The molecule has 1 aromatic carbocycles. The standard InChI is InChI=1S/C17H25N5O2S/c1-5-22(6-2)16-12-13(4)18-17(20-16)19-14-8-10-15(11-9-14)21-25(23,24)7-3/h8-12,21H,5-7H2,1-4H3,(H,18,19,20). The average Bonchev–Trinajstić information content (AvgIpc) is 2.57. The van der Waals surface area contributed by atoms with Gasteiger partial charge in [0.05, 0.1) is 5.75 Å². The number of nitrogens with one attached hydrogen (secondary N) is 2. The predicted octanol–water partition coefficient (Wildman–Crippen LogP) is 3.14. The van der Waals surface area contributed by atoms with Crippen LogP contribution in [-0.2, 0) is 10.0 Å². The second-order valence-corrected chi connectivity index (χ2v) is 7.58. The first-order chi connectivity index (χ1) is 11.9. The Morgan fingerprint density at radius 2 is 1.60 bits per heavy atom. The minimum absolute atomic E-state index is 0.0399. The lowest BCUT2D eigenvalue weighted by molar-refractivity contribution is 0.602. The number of anilines is 4. The van der Waals surface area contributed by atoms with Gasteiger partial charge in [0.2, 0.25) is 16.0 Å². The summed E-state index contributed by atoms with van der Waals surface area (Å²) in [5, 5.41) is 3.17. The fraction of sp³-hybridized carbons (Fsp3) is 0.412. The number of benzene rings is 1. The molecule has 136 valence electrons. The van der Waals surface area contributed by atoms with Gasteiger partial charge in [-0.1, -0.05) is 0 Å². The number of hydrogen-bond acceptors (Lipinski definition) is 6. The van der Waals surface area contributed by atoms with Crippen molar-refractivity contribution in [1.82, 2.24) is 9.97 Å². The molecule has 25 heavy (non-hydrogen) atoms. The number of nitrogens with zero attached hydrogens (tertiary/aromatic N) is 3.